The molecule has 0 amide bonds. The number of allylic oxidation sites excluding steroid dienone is 1. The third-order valence-electron chi connectivity index (χ3n) is 7.84. The molecule has 8 nitrogen and oxygen atoms in total. The smallest absolute Gasteiger partial charge is 0.193 e. The molecule has 0 aliphatic carbocycles. The SMILES string of the molecule is COc1cc(O)c([C@@H]2C[C@H](CCc3ccc(O)cc3)O[C@@H](c3ccc(O)cc3)C2)c(O)c1C(=O)/C=C/c1ccc(O)cc1. The first-order valence-corrected chi connectivity index (χ1v) is 14.1. The first-order valence-electron chi connectivity index (χ1n) is 14.1. The van der Waals surface area contributed by atoms with Gasteiger partial charge in [0.2, 0.25) is 0 Å². The fourth-order valence-corrected chi connectivity index (χ4v) is 5.62. The summed E-state index contributed by atoms with van der Waals surface area (Å²) in [5.74, 6) is -0.911. The number of carbonyl (C=O) groups excluding carboxylic acids is 1. The normalized spacial score (nSPS) is 18.5. The van der Waals surface area contributed by atoms with Crippen LogP contribution in [0.25, 0.3) is 6.08 Å². The molecule has 1 aliphatic heterocycles. The lowest BCUT2D eigenvalue weighted by molar-refractivity contribution is -0.0632. The van der Waals surface area contributed by atoms with Gasteiger partial charge in [-0.3, -0.25) is 4.79 Å². The Balaban J connectivity index is 1.47. The molecule has 0 unspecified atom stereocenters. The second-order valence-electron chi connectivity index (χ2n) is 10.7. The first-order chi connectivity index (χ1) is 20.7. The molecule has 222 valence electrons. The lowest BCUT2D eigenvalue weighted by atomic mass is 9.80. The average Bonchev–Trinajstić information content (AvgIpc) is 3.00. The van der Waals surface area contributed by atoms with Crippen molar-refractivity contribution in [1.82, 2.24) is 0 Å². The van der Waals surface area contributed by atoms with Gasteiger partial charge in [0.15, 0.2) is 5.78 Å². The van der Waals surface area contributed by atoms with Gasteiger partial charge < -0.3 is 35.0 Å². The zero-order valence-electron chi connectivity index (χ0n) is 23.7. The topological polar surface area (TPSA) is 137 Å². The standard InChI is InChI=1S/C35H34O8/c1-42-32-20-30(40)33(35(41)34(32)29(39)17-7-22-4-12-26(37)13-5-22)24-18-28(16-6-21-2-10-25(36)11-3-21)43-31(19-24)23-8-14-27(38)15-9-23/h2-5,7-15,17,20,24,28,31,36-38,40-41H,6,16,18-19H2,1H3/b17-7+/t24-,28+,31-/m1/s1. The Bertz CT molecular complexity index is 1590. The molecule has 1 saturated heterocycles. The van der Waals surface area contributed by atoms with E-state index in [2.05, 4.69) is 0 Å². The molecule has 4 aromatic carbocycles. The number of carbonyl (C=O) groups is 1. The van der Waals surface area contributed by atoms with Crippen LogP contribution < -0.4 is 4.74 Å². The maximum atomic E-state index is 13.4. The maximum Gasteiger partial charge on any atom is 0.193 e. The molecule has 0 saturated carbocycles. The number of benzene rings is 4. The molecule has 0 radical (unpaired) electrons. The van der Waals surface area contributed by atoms with E-state index in [4.69, 9.17) is 9.47 Å². The van der Waals surface area contributed by atoms with Crippen molar-refractivity contribution in [2.45, 2.75) is 43.8 Å². The molecule has 1 fully saturated rings. The van der Waals surface area contributed by atoms with Gasteiger partial charge in [-0.05, 0) is 90.8 Å². The highest BCUT2D eigenvalue weighted by Gasteiger charge is 2.36. The van der Waals surface area contributed by atoms with Gasteiger partial charge in [0.1, 0.15) is 40.1 Å². The van der Waals surface area contributed by atoms with E-state index in [-0.39, 0.29) is 57.6 Å². The van der Waals surface area contributed by atoms with Gasteiger partial charge in [0, 0.05) is 11.6 Å². The summed E-state index contributed by atoms with van der Waals surface area (Å²) in [6, 6.07) is 21.4. The highest BCUT2D eigenvalue weighted by atomic mass is 16.5. The molecule has 43 heavy (non-hydrogen) atoms. The molecular formula is C35H34O8. The Hall–Kier alpha value is -4.95. The van der Waals surface area contributed by atoms with Crippen LogP contribution in [-0.4, -0.2) is 44.5 Å². The number of phenolic OH excluding ortho intramolecular Hbond substituents is 5. The summed E-state index contributed by atoms with van der Waals surface area (Å²) in [6.07, 6.45) is 4.48. The van der Waals surface area contributed by atoms with E-state index < -0.39 is 11.9 Å². The number of aromatic hydroxyl groups is 5. The summed E-state index contributed by atoms with van der Waals surface area (Å²) >= 11 is 0. The summed E-state index contributed by atoms with van der Waals surface area (Å²) in [5.41, 5.74) is 2.76. The Morgan fingerprint density at radius 2 is 1.47 bits per heavy atom. The maximum absolute atomic E-state index is 13.4. The van der Waals surface area contributed by atoms with Crippen molar-refractivity contribution in [3.63, 3.8) is 0 Å². The Labute approximate surface area is 249 Å². The van der Waals surface area contributed by atoms with Crippen molar-refractivity contribution >= 4 is 11.9 Å². The molecular weight excluding hydrogens is 548 g/mol. The van der Waals surface area contributed by atoms with E-state index in [1.54, 1.807) is 54.6 Å². The van der Waals surface area contributed by atoms with Gasteiger partial charge in [0.05, 0.1) is 19.3 Å². The summed E-state index contributed by atoms with van der Waals surface area (Å²) in [4.78, 5) is 13.4. The van der Waals surface area contributed by atoms with Crippen molar-refractivity contribution in [1.29, 1.82) is 0 Å². The molecule has 3 atom stereocenters. The van der Waals surface area contributed by atoms with E-state index in [1.807, 2.05) is 12.1 Å². The van der Waals surface area contributed by atoms with Crippen LogP contribution in [0.1, 0.15) is 63.9 Å². The Morgan fingerprint density at radius 3 is 2.09 bits per heavy atom. The summed E-state index contributed by atoms with van der Waals surface area (Å²) < 4.78 is 11.9. The van der Waals surface area contributed by atoms with Crippen molar-refractivity contribution in [3.05, 3.63) is 113 Å². The Morgan fingerprint density at radius 1 is 0.860 bits per heavy atom. The molecule has 5 N–H and O–H groups in total. The minimum absolute atomic E-state index is 0.0464. The van der Waals surface area contributed by atoms with Crippen LogP contribution in [0.5, 0.6) is 34.5 Å². The molecule has 1 heterocycles. The number of hydrogen-bond acceptors (Lipinski definition) is 8. The van der Waals surface area contributed by atoms with Crippen molar-refractivity contribution < 1.29 is 39.8 Å². The first kappa shape index (κ1) is 29.5. The van der Waals surface area contributed by atoms with Crippen LogP contribution >= 0.6 is 0 Å². The monoisotopic (exact) mass is 582 g/mol. The van der Waals surface area contributed by atoms with Gasteiger partial charge in [-0.25, -0.2) is 0 Å². The zero-order valence-corrected chi connectivity index (χ0v) is 23.7. The number of hydrogen-bond donors (Lipinski definition) is 5. The predicted molar refractivity (Wildman–Crippen MR) is 162 cm³/mol. The third kappa shape index (κ3) is 6.93. The summed E-state index contributed by atoms with van der Waals surface area (Å²) in [6.45, 7) is 0. The van der Waals surface area contributed by atoms with Gasteiger partial charge in [-0.1, -0.05) is 42.5 Å². The van der Waals surface area contributed by atoms with Crippen molar-refractivity contribution in [3.8, 4) is 34.5 Å². The molecule has 1 aliphatic rings. The third-order valence-corrected chi connectivity index (χ3v) is 7.84. The zero-order chi connectivity index (χ0) is 30.5. The number of aryl methyl sites for hydroxylation is 1. The Kier molecular flexibility index (Phi) is 8.87. The second-order valence-corrected chi connectivity index (χ2v) is 10.7. The number of ether oxygens (including phenoxy) is 2. The fraction of sp³-hybridized carbons (Fsp3) is 0.229. The minimum Gasteiger partial charge on any atom is -0.508 e. The number of phenols is 5. The highest BCUT2D eigenvalue weighted by molar-refractivity contribution is 6.11. The molecule has 5 rings (SSSR count). The average molecular weight is 583 g/mol. The van der Waals surface area contributed by atoms with E-state index >= 15 is 0 Å². The quantitative estimate of drug-likeness (QED) is 0.108. The van der Waals surface area contributed by atoms with E-state index in [9.17, 15) is 30.3 Å². The minimum atomic E-state index is -0.505. The van der Waals surface area contributed by atoms with Gasteiger partial charge >= 0.3 is 0 Å². The van der Waals surface area contributed by atoms with Crippen molar-refractivity contribution in [2.24, 2.45) is 0 Å². The predicted octanol–water partition coefficient (Wildman–Crippen LogP) is 6.76. The van der Waals surface area contributed by atoms with Crippen LogP contribution in [0.2, 0.25) is 0 Å². The van der Waals surface area contributed by atoms with E-state index in [0.29, 0.717) is 31.2 Å². The van der Waals surface area contributed by atoms with Crippen LogP contribution in [-0.2, 0) is 11.2 Å². The molecule has 8 heteroatoms. The van der Waals surface area contributed by atoms with Crippen LogP contribution in [0.3, 0.4) is 0 Å². The van der Waals surface area contributed by atoms with Gasteiger partial charge in [-0.2, -0.15) is 0 Å². The summed E-state index contributed by atoms with van der Waals surface area (Å²) in [7, 11) is 1.36. The lowest BCUT2D eigenvalue weighted by Gasteiger charge is -2.37. The van der Waals surface area contributed by atoms with Gasteiger partial charge in [-0.15, -0.1) is 0 Å². The van der Waals surface area contributed by atoms with Gasteiger partial charge in [0.25, 0.3) is 0 Å². The molecule has 0 spiro atoms. The molecule has 0 bridgehead atoms. The van der Waals surface area contributed by atoms with Crippen LogP contribution in [0.4, 0.5) is 0 Å². The number of methoxy groups -OCH3 is 1. The van der Waals surface area contributed by atoms with E-state index in [1.165, 1.54) is 31.4 Å². The fourth-order valence-electron chi connectivity index (χ4n) is 5.62. The summed E-state index contributed by atoms with van der Waals surface area (Å²) in [5, 5.41) is 51.6. The number of ketones is 1. The van der Waals surface area contributed by atoms with Crippen molar-refractivity contribution in [2.75, 3.05) is 7.11 Å². The lowest BCUT2D eigenvalue weighted by Crippen LogP contribution is -2.28. The highest BCUT2D eigenvalue weighted by Crippen LogP contribution is 2.50. The number of rotatable bonds is 9. The molecule has 0 aromatic heterocycles. The largest absolute Gasteiger partial charge is 0.508 e. The van der Waals surface area contributed by atoms with E-state index in [0.717, 1.165) is 11.1 Å². The molecule has 4 aromatic rings. The second kappa shape index (κ2) is 12.9. The van der Waals surface area contributed by atoms with Crippen LogP contribution in [0, 0.1) is 0 Å². The van der Waals surface area contributed by atoms with Crippen LogP contribution in [0.15, 0.2) is 84.9 Å².